The van der Waals surface area contributed by atoms with Gasteiger partial charge in [-0.2, -0.15) is 0 Å². The van der Waals surface area contributed by atoms with Crippen LogP contribution in [-0.4, -0.2) is 42.5 Å². The monoisotopic (exact) mass is 345 g/mol. The summed E-state index contributed by atoms with van der Waals surface area (Å²) in [4.78, 5) is 15.3. The van der Waals surface area contributed by atoms with Gasteiger partial charge >= 0.3 is 5.97 Å². The smallest absolute Gasteiger partial charge is 0.333 e. The van der Waals surface area contributed by atoms with Crippen LogP contribution in [-0.2, 0) is 22.4 Å². The van der Waals surface area contributed by atoms with Crippen LogP contribution in [0.4, 0.5) is 0 Å². The molecule has 0 bridgehead atoms. The third kappa shape index (κ3) is 6.08. The summed E-state index contributed by atoms with van der Waals surface area (Å²) in [5, 5.41) is 9.10. The summed E-state index contributed by atoms with van der Waals surface area (Å²) < 4.78 is 16.0. The van der Waals surface area contributed by atoms with E-state index in [0.717, 1.165) is 23.3 Å². The Morgan fingerprint density at radius 2 is 1.88 bits per heavy atom. The molecule has 6 heteroatoms. The standard InChI is InChI=1S/C19H23NO5/c1-3-24-17(19(21)22)12-15-6-9-18(20-13-15)25-11-10-14-4-7-16(23-2)8-5-14/h4-9,13,17H,3,10-12H2,1-2H3,(H,21,22). The first-order valence-electron chi connectivity index (χ1n) is 8.17. The molecule has 1 atom stereocenters. The fourth-order valence-corrected chi connectivity index (χ4v) is 2.32. The molecule has 2 aromatic rings. The molecule has 1 aromatic carbocycles. The van der Waals surface area contributed by atoms with Crippen molar-refractivity contribution in [3.63, 3.8) is 0 Å². The number of ether oxygens (including phenoxy) is 3. The molecule has 0 radical (unpaired) electrons. The number of aromatic nitrogens is 1. The van der Waals surface area contributed by atoms with Crippen molar-refractivity contribution < 1.29 is 24.1 Å². The fourth-order valence-electron chi connectivity index (χ4n) is 2.32. The van der Waals surface area contributed by atoms with Gasteiger partial charge in [-0.05, 0) is 30.2 Å². The maximum atomic E-state index is 11.1. The SMILES string of the molecule is CCOC(Cc1ccc(OCCc2ccc(OC)cc2)nc1)C(=O)O. The van der Waals surface area contributed by atoms with Crippen molar-refractivity contribution in [1.82, 2.24) is 4.98 Å². The van der Waals surface area contributed by atoms with Gasteiger partial charge in [0, 0.05) is 31.7 Å². The number of benzene rings is 1. The van der Waals surface area contributed by atoms with Gasteiger partial charge in [-0.1, -0.05) is 18.2 Å². The largest absolute Gasteiger partial charge is 0.497 e. The van der Waals surface area contributed by atoms with E-state index in [1.165, 1.54) is 0 Å². The Morgan fingerprint density at radius 3 is 2.44 bits per heavy atom. The molecule has 6 nitrogen and oxygen atoms in total. The highest BCUT2D eigenvalue weighted by molar-refractivity contribution is 5.72. The molecule has 0 saturated heterocycles. The van der Waals surface area contributed by atoms with Gasteiger partial charge in [0.2, 0.25) is 5.88 Å². The molecule has 2 rings (SSSR count). The number of carboxylic acid groups (broad SMARTS) is 1. The molecule has 0 amide bonds. The maximum absolute atomic E-state index is 11.1. The predicted octanol–water partition coefficient (Wildman–Crippen LogP) is 2.74. The Morgan fingerprint density at radius 1 is 1.16 bits per heavy atom. The van der Waals surface area contributed by atoms with E-state index >= 15 is 0 Å². The number of hydrogen-bond donors (Lipinski definition) is 1. The Bertz CT molecular complexity index is 655. The molecule has 134 valence electrons. The number of rotatable bonds is 10. The van der Waals surface area contributed by atoms with E-state index in [4.69, 9.17) is 19.3 Å². The van der Waals surface area contributed by atoms with Crippen LogP contribution in [0, 0.1) is 0 Å². The van der Waals surface area contributed by atoms with E-state index in [2.05, 4.69) is 4.98 Å². The average molecular weight is 345 g/mol. The van der Waals surface area contributed by atoms with Crippen molar-refractivity contribution in [2.45, 2.75) is 25.9 Å². The highest BCUT2D eigenvalue weighted by atomic mass is 16.5. The second kappa shape index (κ2) is 9.64. The zero-order chi connectivity index (χ0) is 18.1. The van der Waals surface area contributed by atoms with Crippen LogP contribution in [0.1, 0.15) is 18.1 Å². The first kappa shape index (κ1) is 18.7. The normalized spacial score (nSPS) is 11.8. The first-order valence-corrected chi connectivity index (χ1v) is 8.17. The van der Waals surface area contributed by atoms with E-state index in [-0.39, 0.29) is 6.42 Å². The van der Waals surface area contributed by atoms with Gasteiger partial charge in [0.25, 0.3) is 0 Å². The highest BCUT2D eigenvalue weighted by Gasteiger charge is 2.18. The van der Waals surface area contributed by atoms with Crippen LogP contribution in [0.3, 0.4) is 0 Å². The van der Waals surface area contributed by atoms with E-state index in [1.54, 1.807) is 26.3 Å². The number of pyridine rings is 1. The molecule has 1 aromatic heterocycles. The third-order valence-corrected chi connectivity index (χ3v) is 3.66. The quantitative estimate of drug-likeness (QED) is 0.713. The summed E-state index contributed by atoms with van der Waals surface area (Å²) in [5.74, 6) is 0.371. The van der Waals surface area contributed by atoms with Crippen molar-refractivity contribution >= 4 is 5.97 Å². The van der Waals surface area contributed by atoms with Gasteiger partial charge in [0.1, 0.15) is 5.75 Å². The summed E-state index contributed by atoms with van der Waals surface area (Å²) in [6.07, 6.45) is 1.81. The number of nitrogens with zero attached hydrogens (tertiary/aromatic N) is 1. The number of methoxy groups -OCH3 is 1. The molecule has 0 aliphatic carbocycles. The number of carboxylic acids is 1. The number of aliphatic carboxylic acids is 1. The Kier molecular flexibility index (Phi) is 7.22. The van der Waals surface area contributed by atoms with Crippen LogP contribution in [0.2, 0.25) is 0 Å². The highest BCUT2D eigenvalue weighted by Crippen LogP contribution is 2.14. The van der Waals surface area contributed by atoms with Crippen LogP contribution in [0.5, 0.6) is 11.6 Å². The van der Waals surface area contributed by atoms with Gasteiger partial charge in [0.05, 0.1) is 13.7 Å². The zero-order valence-corrected chi connectivity index (χ0v) is 14.5. The Hall–Kier alpha value is -2.60. The van der Waals surface area contributed by atoms with Crippen molar-refractivity contribution in [1.29, 1.82) is 0 Å². The summed E-state index contributed by atoms with van der Waals surface area (Å²) in [6, 6.07) is 11.4. The van der Waals surface area contributed by atoms with Crippen molar-refractivity contribution in [2.75, 3.05) is 20.3 Å². The van der Waals surface area contributed by atoms with Crippen LogP contribution >= 0.6 is 0 Å². The molecule has 25 heavy (non-hydrogen) atoms. The van der Waals surface area contributed by atoms with E-state index in [9.17, 15) is 4.79 Å². The lowest BCUT2D eigenvalue weighted by Gasteiger charge is -2.12. The summed E-state index contributed by atoms with van der Waals surface area (Å²) in [7, 11) is 1.64. The number of carbonyl (C=O) groups is 1. The predicted molar refractivity (Wildman–Crippen MR) is 93.2 cm³/mol. The molecule has 0 saturated carbocycles. The molecule has 0 spiro atoms. The lowest BCUT2D eigenvalue weighted by atomic mass is 10.1. The topological polar surface area (TPSA) is 77.9 Å². The van der Waals surface area contributed by atoms with Crippen molar-refractivity contribution in [2.24, 2.45) is 0 Å². The zero-order valence-electron chi connectivity index (χ0n) is 14.5. The molecule has 1 unspecified atom stereocenters. The fraction of sp³-hybridized carbons (Fsp3) is 0.368. The number of hydrogen-bond acceptors (Lipinski definition) is 5. The van der Waals surface area contributed by atoms with Crippen LogP contribution < -0.4 is 9.47 Å². The third-order valence-electron chi connectivity index (χ3n) is 3.66. The summed E-state index contributed by atoms with van der Waals surface area (Å²) >= 11 is 0. The van der Waals surface area contributed by atoms with Crippen LogP contribution in [0.25, 0.3) is 0 Å². The Labute approximate surface area is 147 Å². The van der Waals surface area contributed by atoms with Gasteiger partial charge in [0.15, 0.2) is 6.10 Å². The van der Waals surface area contributed by atoms with E-state index in [1.807, 2.05) is 30.3 Å². The maximum Gasteiger partial charge on any atom is 0.333 e. The minimum Gasteiger partial charge on any atom is -0.497 e. The molecule has 0 fully saturated rings. The molecule has 1 heterocycles. The minimum absolute atomic E-state index is 0.280. The van der Waals surface area contributed by atoms with Gasteiger partial charge < -0.3 is 19.3 Å². The van der Waals surface area contributed by atoms with Gasteiger partial charge in [-0.25, -0.2) is 9.78 Å². The van der Waals surface area contributed by atoms with Crippen LogP contribution in [0.15, 0.2) is 42.6 Å². The van der Waals surface area contributed by atoms with E-state index in [0.29, 0.717) is 19.1 Å². The molecule has 0 aliphatic heterocycles. The first-order chi connectivity index (χ1) is 12.1. The lowest BCUT2D eigenvalue weighted by Crippen LogP contribution is -2.26. The minimum atomic E-state index is -0.971. The molecular weight excluding hydrogens is 322 g/mol. The average Bonchev–Trinajstić information content (AvgIpc) is 2.63. The van der Waals surface area contributed by atoms with E-state index < -0.39 is 12.1 Å². The van der Waals surface area contributed by atoms with Crippen molar-refractivity contribution in [3.8, 4) is 11.6 Å². The second-order valence-corrected chi connectivity index (χ2v) is 5.44. The van der Waals surface area contributed by atoms with Gasteiger partial charge in [-0.15, -0.1) is 0 Å². The Balaban J connectivity index is 1.82. The van der Waals surface area contributed by atoms with Crippen molar-refractivity contribution in [3.05, 3.63) is 53.7 Å². The molecule has 1 N–H and O–H groups in total. The second-order valence-electron chi connectivity index (χ2n) is 5.44. The van der Waals surface area contributed by atoms with Gasteiger partial charge in [-0.3, -0.25) is 0 Å². The summed E-state index contributed by atoms with van der Waals surface area (Å²) in [5.41, 5.74) is 1.95. The molecular formula is C19H23NO5. The lowest BCUT2D eigenvalue weighted by molar-refractivity contribution is -0.149. The summed E-state index contributed by atoms with van der Waals surface area (Å²) in [6.45, 7) is 2.64. The molecule has 0 aliphatic rings.